The van der Waals surface area contributed by atoms with Crippen LogP contribution in [0.15, 0.2) is 29.8 Å². The normalized spacial score (nSPS) is 12.2. The molecule has 1 atom stereocenters. The van der Waals surface area contributed by atoms with Crippen LogP contribution in [0.2, 0.25) is 0 Å². The van der Waals surface area contributed by atoms with Crippen LogP contribution in [0.5, 0.6) is 0 Å². The lowest BCUT2D eigenvalue weighted by Gasteiger charge is -2.12. The van der Waals surface area contributed by atoms with Crippen molar-refractivity contribution in [3.63, 3.8) is 0 Å². The first-order valence-corrected chi connectivity index (χ1v) is 7.15. The Labute approximate surface area is 130 Å². The minimum Gasteiger partial charge on any atom is -0.448 e. The Morgan fingerprint density at radius 2 is 2.00 bits per heavy atom. The first-order valence-electron chi connectivity index (χ1n) is 7.15. The lowest BCUT2D eigenvalue weighted by atomic mass is 10.1. The van der Waals surface area contributed by atoms with Crippen LogP contribution >= 0.6 is 0 Å². The summed E-state index contributed by atoms with van der Waals surface area (Å²) in [6.07, 6.45) is 1.30. The first kappa shape index (κ1) is 17.4. The smallest absolute Gasteiger partial charge is 0.349 e. The number of carbonyl (C=O) groups is 2. The van der Waals surface area contributed by atoms with E-state index in [0.717, 1.165) is 17.5 Å². The Hall–Kier alpha value is -2.61. The van der Waals surface area contributed by atoms with Gasteiger partial charge >= 0.3 is 5.97 Å². The highest BCUT2D eigenvalue weighted by molar-refractivity contribution is 5.99. The Morgan fingerprint density at radius 1 is 1.36 bits per heavy atom. The number of nitrogens with one attached hydrogen (secondary N) is 1. The number of benzene rings is 1. The summed E-state index contributed by atoms with van der Waals surface area (Å²) < 4.78 is 5.02. The predicted octanol–water partition coefficient (Wildman–Crippen LogP) is 2.36. The van der Waals surface area contributed by atoms with E-state index < -0.39 is 12.1 Å². The molecule has 0 unspecified atom stereocenters. The molecule has 0 radical (unpaired) electrons. The van der Waals surface area contributed by atoms with E-state index in [1.807, 2.05) is 32.0 Å². The zero-order valence-corrected chi connectivity index (χ0v) is 13.1. The molecule has 116 valence electrons. The standard InChI is InChI=1S/C17H20N2O3/c1-4-9-19-16(20)13(3)22-17(21)15(11-18)10-14-7-5-12(2)6-8-14/h5-8,10,13H,4,9H2,1-3H3,(H,19,20)/b15-10+/t13-/m1/s1. The second-order valence-electron chi connectivity index (χ2n) is 4.92. The second kappa shape index (κ2) is 8.63. The number of nitrogens with zero attached hydrogens (tertiary/aromatic N) is 1. The number of rotatable bonds is 6. The topological polar surface area (TPSA) is 79.2 Å². The lowest BCUT2D eigenvalue weighted by Crippen LogP contribution is -2.36. The highest BCUT2D eigenvalue weighted by atomic mass is 16.5. The van der Waals surface area contributed by atoms with Gasteiger partial charge in [0.15, 0.2) is 6.10 Å². The van der Waals surface area contributed by atoms with Crippen molar-refractivity contribution in [1.82, 2.24) is 5.32 Å². The van der Waals surface area contributed by atoms with Crippen molar-refractivity contribution >= 4 is 18.0 Å². The van der Waals surface area contributed by atoms with Crippen molar-refractivity contribution in [3.8, 4) is 6.07 Å². The van der Waals surface area contributed by atoms with Gasteiger partial charge in [0.25, 0.3) is 5.91 Å². The van der Waals surface area contributed by atoms with Crippen LogP contribution in [0, 0.1) is 18.3 Å². The summed E-state index contributed by atoms with van der Waals surface area (Å²) in [5.41, 5.74) is 1.67. The van der Waals surface area contributed by atoms with Crippen LogP contribution in [-0.2, 0) is 14.3 Å². The van der Waals surface area contributed by atoms with Gasteiger partial charge < -0.3 is 10.1 Å². The highest BCUT2D eigenvalue weighted by Gasteiger charge is 2.20. The molecule has 5 heteroatoms. The predicted molar refractivity (Wildman–Crippen MR) is 83.6 cm³/mol. The average molecular weight is 300 g/mol. The van der Waals surface area contributed by atoms with E-state index in [1.54, 1.807) is 12.1 Å². The average Bonchev–Trinajstić information content (AvgIpc) is 2.51. The van der Waals surface area contributed by atoms with Crippen molar-refractivity contribution in [2.75, 3.05) is 6.54 Å². The Morgan fingerprint density at radius 3 is 2.55 bits per heavy atom. The minimum atomic E-state index is -0.936. The Bertz CT molecular complexity index is 597. The Balaban J connectivity index is 2.74. The van der Waals surface area contributed by atoms with Gasteiger partial charge in [-0.05, 0) is 31.9 Å². The summed E-state index contributed by atoms with van der Waals surface area (Å²) in [4.78, 5) is 23.6. The fraction of sp³-hybridized carbons (Fsp3) is 0.353. The summed E-state index contributed by atoms with van der Waals surface area (Å²) >= 11 is 0. The molecule has 0 heterocycles. The van der Waals surface area contributed by atoms with Gasteiger partial charge in [-0.2, -0.15) is 5.26 Å². The van der Waals surface area contributed by atoms with Gasteiger partial charge in [-0.15, -0.1) is 0 Å². The van der Waals surface area contributed by atoms with Gasteiger partial charge in [0, 0.05) is 6.54 Å². The van der Waals surface area contributed by atoms with E-state index in [1.165, 1.54) is 13.0 Å². The van der Waals surface area contributed by atoms with Crippen LogP contribution in [0.3, 0.4) is 0 Å². The number of esters is 1. The molecular formula is C17H20N2O3. The quantitative estimate of drug-likeness (QED) is 0.497. The Kier molecular flexibility index (Phi) is 6.84. The van der Waals surface area contributed by atoms with Crippen molar-refractivity contribution < 1.29 is 14.3 Å². The van der Waals surface area contributed by atoms with E-state index in [2.05, 4.69) is 5.32 Å². The van der Waals surface area contributed by atoms with Crippen LogP contribution < -0.4 is 5.32 Å². The minimum absolute atomic E-state index is 0.140. The van der Waals surface area contributed by atoms with Crippen LogP contribution in [0.1, 0.15) is 31.4 Å². The van der Waals surface area contributed by atoms with Crippen LogP contribution in [-0.4, -0.2) is 24.5 Å². The van der Waals surface area contributed by atoms with Crippen molar-refractivity contribution in [2.45, 2.75) is 33.3 Å². The fourth-order valence-corrected chi connectivity index (χ4v) is 1.64. The number of amides is 1. The number of hydrogen-bond acceptors (Lipinski definition) is 4. The number of ether oxygens (including phenoxy) is 1. The molecule has 1 aromatic carbocycles. The highest BCUT2D eigenvalue weighted by Crippen LogP contribution is 2.10. The molecule has 0 aromatic heterocycles. The molecule has 0 aliphatic rings. The number of carbonyl (C=O) groups excluding carboxylic acids is 2. The molecule has 0 saturated carbocycles. The summed E-state index contributed by atoms with van der Waals surface area (Å²) in [6.45, 7) is 5.87. The molecule has 0 spiro atoms. The molecule has 1 aromatic rings. The third kappa shape index (κ3) is 5.41. The summed E-state index contributed by atoms with van der Waals surface area (Å²) in [7, 11) is 0. The zero-order chi connectivity index (χ0) is 16.5. The number of hydrogen-bond donors (Lipinski definition) is 1. The molecule has 0 saturated heterocycles. The van der Waals surface area contributed by atoms with Gasteiger partial charge in [0.2, 0.25) is 0 Å². The molecule has 0 aliphatic heterocycles. The second-order valence-corrected chi connectivity index (χ2v) is 4.92. The van der Waals surface area contributed by atoms with Crippen molar-refractivity contribution in [2.24, 2.45) is 0 Å². The van der Waals surface area contributed by atoms with Crippen LogP contribution in [0.4, 0.5) is 0 Å². The zero-order valence-electron chi connectivity index (χ0n) is 13.1. The third-order valence-electron chi connectivity index (χ3n) is 2.93. The molecule has 1 rings (SSSR count). The number of aryl methyl sites for hydroxylation is 1. The van der Waals surface area contributed by atoms with Crippen molar-refractivity contribution in [3.05, 3.63) is 41.0 Å². The molecule has 1 N–H and O–H groups in total. The van der Waals surface area contributed by atoms with E-state index in [0.29, 0.717) is 6.54 Å². The monoisotopic (exact) mass is 300 g/mol. The maximum atomic E-state index is 11.9. The van der Waals surface area contributed by atoms with Crippen molar-refractivity contribution in [1.29, 1.82) is 5.26 Å². The number of nitriles is 1. The van der Waals surface area contributed by atoms with E-state index in [-0.39, 0.29) is 11.5 Å². The molecule has 0 bridgehead atoms. The fourth-order valence-electron chi connectivity index (χ4n) is 1.64. The maximum Gasteiger partial charge on any atom is 0.349 e. The molecule has 0 fully saturated rings. The van der Waals surface area contributed by atoms with E-state index in [4.69, 9.17) is 10.00 Å². The molecular weight excluding hydrogens is 280 g/mol. The largest absolute Gasteiger partial charge is 0.448 e. The van der Waals surface area contributed by atoms with Gasteiger partial charge in [-0.1, -0.05) is 36.8 Å². The first-order chi connectivity index (χ1) is 10.5. The maximum absolute atomic E-state index is 11.9. The summed E-state index contributed by atoms with van der Waals surface area (Å²) in [5.74, 6) is -1.18. The SMILES string of the molecule is CCCNC(=O)[C@@H](C)OC(=O)/C(C#N)=C/c1ccc(C)cc1. The summed E-state index contributed by atoms with van der Waals surface area (Å²) in [5, 5.41) is 11.7. The molecule has 22 heavy (non-hydrogen) atoms. The lowest BCUT2D eigenvalue weighted by molar-refractivity contribution is -0.150. The molecule has 1 amide bonds. The van der Waals surface area contributed by atoms with E-state index >= 15 is 0 Å². The van der Waals surface area contributed by atoms with Crippen LogP contribution in [0.25, 0.3) is 6.08 Å². The van der Waals surface area contributed by atoms with Gasteiger partial charge in [0.1, 0.15) is 11.6 Å². The van der Waals surface area contributed by atoms with E-state index in [9.17, 15) is 9.59 Å². The third-order valence-corrected chi connectivity index (χ3v) is 2.93. The van der Waals surface area contributed by atoms with Gasteiger partial charge in [-0.25, -0.2) is 4.79 Å². The summed E-state index contributed by atoms with van der Waals surface area (Å²) in [6, 6.07) is 9.18. The van der Waals surface area contributed by atoms with Gasteiger partial charge in [0.05, 0.1) is 0 Å². The molecule has 0 aliphatic carbocycles. The van der Waals surface area contributed by atoms with Gasteiger partial charge in [-0.3, -0.25) is 4.79 Å². The molecule has 5 nitrogen and oxygen atoms in total.